The van der Waals surface area contributed by atoms with E-state index in [9.17, 15) is 0 Å². The second kappa shape index (κ2) is 5.29. The summed E-state index contributed by atoms with van der Waals surface area (Å²) < 4.78 is 0. The highest BCUT2D eigenvalue weighted by Crippen LogP contribution is 2.20. The van der Waals surface area contributed by atoms with Crippen LogP contribution >= 0.6 is 23.2 Å². The number of hydrogen-bond donors (Lipinski definition) is 1. The normalized spacial score (nSPS) is 10.3. The van der Waals surface area contributed by atoms with E-state index in [1.807, 2.05) is 6.92 Å². The zero-order valence-electron chi connectivity index (χ0n) is 7.61. The Bertz CT molecular complexity index is 310. The number of rotatable bonds is 4. The molecule has 0 aromatic carbocycles. The Kier molecular flexibility index (Phi) is 4.31. The molecule has 7 heteroatoms. The van der Waals surface area contributed by atoms with Gasteiger partial charge in [0, 0.05) is 13.1 Å². The largest absolute Gasteiger partial charge is 0.395 e. The summed E-state index contributed by atoms with van der Waals surface area (Å²) in [5, 5.41) is 16.2. The lowest BCUT2D eigenvalue weighted by atomic mass is 10.5. The minimum Gasteiger partial charge on any atom is -0.395 e. The van der Waals surface area contributed by atoms with Gasteiger partial charge in [0.2, 0.25) is 5.28 Å². The molecule has 0 aliphatic rings. The summed E-state index contributed by atoms with van der Waals surface area (Å²) in [7, 11) is 0. The van der Waals surface area contributed by atoms with Crippen LogP contribution in [0.1, 0.15) is 6.92 Å². The molecule has 1 aromatic heterocycles. The molecule has 0 spiro atoms. The molecule has 0 amide bonds. The standard InChI is InChI=1S/C7H10Cl2N4O/c1-2-13(3-4-14)6-5(8)11-12-7(9)10-6/h14H,2-4H2,1H3. The molecule has 0 unspecified atom stereocenters. The quantitative estimate of drug-likeness (QED) is 0.846. The van der Waals surface area contributed by atoms with Gasteiger partial charge in [-0.3, -0.25) is 0 Å². The molecule has 14 heavy (non-hydrogen) atoms. The maximum atomic E-state index is 8.81. The lowest BCUT2D eigenvalue weighted by Gasteiger charge is -2.20. The number of hydrogen-bond acceptors (Lipinski definition) is 5. The molecular formula is C7H10Cl2N4O. The van der Waals surface area contributed by atoms with Crippen molar-refractivity contribution < 1.29 is 5.11 Å². The van der Waals surface area contributed by atoms with Gasteiger partial charge in [0.05, 0.1) is 6.61 Å². The smallest absolute Gasteiger partial charge is 0.245 e. The van der Waals surface area contributed by atoms with Gasteiger partial charge in [-0.2, -0.15) is 4.98 Å². The number of aliphatic hydroxyl groups is 1. The molecule has 1 rings (SSSR count). The van der Waals surface area contributed by atoms with Gasteiger partial charge in [0.25, 0.3) is 0 Å². The van der Waals surface area contributed by atoms with Crippen LogP contribution in [0.3, 0.4) is 0 Å². The number of nitrogens with zero attached hydrogens (tertiary/aromatic N) is 4. The third kappa shape index (κ3) is 2.67. The van der Waals surface area contributed by atoms with E-state index >= 15 is 0 Å². The lowest BCUT2D eigenvalue weighted by molar-refractivity contribution is 0.302. The first-order chi connectivity index (χ1) is 6.69. The number of aliphatic hydroxyl groups excluding tert-OH is 1. The van der Waals surface area contributed by atoms with E-state index in [1.165, 1.54) is 0 Å². The van der Waals surface area contributed by atoms with Gasteiger partial charge in [-0.15, -0.1) is 10.2 Å². The molecule has 1 aromatic rings. The monoisotopic (exact) mass is 236 g/mol. The van der Waals surface area contributed by atoms with Crippen molar-refractivity contribution in [1.29, 1.82) is 0 Å². The van der Waals surface area contributed by atoms with E-state index in [2.05, 4.69) is 15.2 Å². The molecule has 0 aliphatic heterocycles. The van der Waals surface area contributed by atoms with Crippen LogP contribution in [0.4, 0.5) is 5.82 Å². The minimum atomic E-state index is 0.0196. The van der Waals surface area contributed by atoms with Crippen molar-refractivity contribution >= 4 is 29.0 Å². The van der Waals surface area contributed by atoms with Crippen molar-refractivity contribution in [1.82, 2.24) is 15.2 Å². The summed E-state index contributed by atoms with van der Waals surface area (Å²) in [5.74, 6) is 0.447. The first kappa shape index (κ1) is 11.4. The predicted octanol–water partition coefficient (Wildman–Crippen LogP) is 0.997. The number of anilines is 1. The van der Waals surface area contributed by atoms with Crippen LogP contribution in [0.15, 0.2) is 0 Å². The van der Waals surface area contributed by atoms with E-state index in [0.717, 1.165) is 0 Å². The van der Waals surface area contributed by atoms with Gasteiger partial charge in [0.15, 0.2) is 11.0 Å². The van der Waals surface area contributed by atoms with Gasteiger partial charge in [0.1, 0.15) is 0 Å². The summed E-state index contributed by atoms with van der Waals surface area (Å²) in [6.07, 6.45) is 0. The highest BCUT2D eigenvalue weighted by molar-refractivity contribution is 6.32. The molecule has 0 fully saturated rings. The van der Waals surface area contributed by atoms with Gasteiger partial charge in [-0.1, -0.05) is 11.6 Å². The SMILES string of the molecule is CCN(CCO)c1nc(Cl)nnc1Cl. The fourth-order valence-electron chi connectivity index (χ4n) is 1.02. The topological polar surface area (TPSA) is 62.1 Å². The summed E-state index contributed by atoms with van der Waals surface area (Å²) in [4.78, 5) is 5.70. The highest BCUT2D eigenvalue weighted by atomic mass is 35.5. The Balaban J connectivity index is 2.96. The van der Waals surface area contributed by atoms with E-state index in [-0.39, 0.29) is 17.0 Å². The first-order valence-corrected chi connectivity index (χ1v) is 4.86. The van der Waals surface area contributed by atoms with E-state index in [0.29, 0.717) is 18.9 Å². The molecule has 0 atom stereocenters. The molecule has 0 radical (unpaired) electrons. The van der Waals surface area contributed by atoms with Crippen LogP contribution in [0.5, 0.6) is 0 Å². The average molecular weight is 237 g/mol. The Labute approximate surface area is 91.7 Å². The van der Waals surface area contributed by atoms with E-state index < -0.39 is 0 Å². The fraction of sp³-hybridized carbons (Fsp3) is 0.571. The molecule has 0 bridgehead atoms. The zero-order chi connectivity index (χ0) is 10.6. The van der Waals surface area contributed by atoms with Crippen LogP contribution in [-0.4, -0.2) is 40.0 Å². The summed E-state index contributed by atoms with van der Waals surface area (Å²) >= 11 is 11.4. The zero-order valence-corrected chi connectivity index (χ0v) is 9.13. The summed E-state index contributed by atoms with van der Waals surface area (Å²) in [6, 6.07) is 0. The number of likely N-dealkylation sites (N-methyl/N-ethyl adjacent to an activating group) is 1. The van der Waals surface area contributed by atoms with Crippen molar-refractivity contribution in [2.75, 3.05) is 24.6 Å². The Morgan fingerprint density at radius 1 is 1.36 bits per heavy atom. The molecule has 78 valence electrons. The van der Waals surface area contributed by atoms with Crippen molar-refractivity contribution in [2.24, 2.45) is 0 Å². The van der Waals surface area contributed by atoms with Crippen LogP contribution in [0.2, 0.25) is 10.4 Å². The average Bonchev–Trinajstić information content (AvgIpc) is 2.18. The molecule has 0 saturated carbocycles. The number of aromatic nitrogens is 3. The van der Waals surface area contributed by atoms with Crippen molar-refractivity contribution in [2.45, 2.75) is 6.92 Å². The molecule has 5 nitrogen and oxygen atoms in total. The molecule has 0 saturated heterocycles. The predicted molar refractivity (Wildman–Crippen MR) is 54.8 cm³/mol. The summed E-state index contributed by atoms with van der Waals surface area (Å²) in [6.45, 7) is 3.04. The molecule has 1 heterocycles. The molecule has 1 N–H and O–H groups in total. The van der Waals surface area contributed by atoms with Crippen LogP contribution in [0.25, 0.3) is 0 Å². The Hall–Kier alpha value is -0.650. The second-order valence-electron chi connectivity index (χ2n) is 2.50. The second-order valence-corrected chi connectivity index (χ2v) is 3.19. The molecule has 0 aliphatic carbocycles. The van der Waals surface area contributed by atoms with Gasteiger partial charge in [-0.05, 0) is 18.5 Å². The summed E-state index contributed by atoms with van der Waals surface area (Å²) in [5.41, 5.74) is 0. The van der Waals surface area contributed by atoms with Gasteiger partial charge < -0.3 is 10.0 Å². The van der Waals surface area contributed by atoms with Crippen LogP contribution in [0, 0.1) is 0 Å². The van der Waals surface area contributed by atoms with Crippen molar-refractivity contribution in [3.8, 4) is 0 Å². The minimum absolute atomic E-state index is 0.0196. The first-order valence-electron chi connectivity index (χ1n) is 4.10. The maximum Gasteiger partial charge on any atom is 0.245 e. The van der Waals surface area contributed by atoms with Crippen molar-refractivity contribution in [3.63, 3.8) is 0 Å². The van der Waals surface area contributed by atoms with E-state index in [1.54, 1.807) is 4.90 Å². The fourth-order valence-corrected chi connectivity index (χ4v) is 1.34. The van der Waals surface area contributed by atoms with E-state index in [4.69, 9.17) is 28.3 Å². The van der Waals surface area contributed by atoms with Gasteiger partial charge >= 0.3 is 0 Å². The third-order valence-electron chi connectivity index (χ3n) is 1.65. The van der Waals surface area contributed by atoms with Crippen molar-refractivity contribution in [3.05, 3.63) is 10.4 Å². The number of halogens is 2. The lowest BCUT2D eigenvalue weighted by Crippen LogP contribution is -2.27. The Morgan fingerprint density at radius 3 is 2.64 bits per heavy atom. The third-order valence-corrected chi connectivity index (χ3v) is 2.06. The molecular weight excluding hydrogens is 227 g/mol. The van der Waals surface area contributed by atoms with Gasteiger partial charge in [-0.25, -0.2) is 0 Å². The van der Waals surface area contributed by atoms with Crippen LogP contribution in [-0.2, 0) is 0 Å². The van der Waals surface area contributed by atoms with Crippen LogP contribution < -0.4 is 4.90 Å². The Morgan fingerprint density at radius 2 is 2.07 bits per heavy atom. The maximum absolute atomic E-state index is 8.81. The highest BCUT2D eigenvalue weighted by Gasteiger charge is 2.12.